The summed E-state index contributed by atoms with van der Waals surface area (Å²) in [5.74, 6) is 0. The predicted molar refractivity (Wildman–Crippen MR) is 31.1 cm³/mol. The van der Waals surface area contributed by atoms with E-state index in [1.54, 1.807) is 0 Å². The fourth-order valence-corrected chi connectivity index (χ4v) is 0. The van der Waals surface area contributed by atoms with Crippen LogP contribution in [0.25, 0.3) is 0 Å². The van der Waals surface area contributed by atoms with Crippen LogP contribution in [0.15, 0.2) is 0 Å². The molecule has 0 aliphatic rings. The molecule has 2 heteroatoms. The van der Waals surface area contributed by atoms with Crippen LogP contribution in [0.1, 0.15) is 0 Å². The largest absolute Gasteiger partial charge is 0.870 e. The summed E-state index contributed by atoms with van der Waals surface area (Å²) in [5.41, 5.74) is 0. The fraction of sp³-hybridized carbons (Fsp3) is 1.00. The molecule has 0 aromatic heterocycles. The zero-order valence-electron chi connectivity index (χ0n) is 4.89. The third kappa shape index (κ3) is 113. The zero-order valence-corrected chi connectivity index (χ0v) is 7.45. The van der Waals surface area contributed by atoms with Gasteiger partial charge in [-0.05, 0) is 0 Å². The van der Waals surface area contributed by atoms with Crippen LogP contribution in [0.4, 0.5) is 0 Å². The van der Waals surface area contributed by atoms with Gasteiger partial charge in [-0.1, -0.05) is 0 Å². The van der Waals surface area contributed by atoms with Gasteiger partial charge in [-0.3, -0.25) is 0 Å². The van der Waals surface area contributed by atoms with Gasteiger partial charge in [-0.2, -0.15) is 0 Å². The summed E-state index contributed by atoms with van der Waals surface area (Å²) in [6.07, 6.45) is 0. The van der Waals surface area contributed by atoms with Crippen molar-refractivity contribution < 1.29 is 5.48 Å². The van der Waals surface area contributed by atoms with Gasteiger partial charge in [0, 0.05) is 0 Å². The Balaban J connectivity index is 0. The first-order valence-electron chi connectivity index (χ1n) is 1.79. The first-order chi connectivity index (χ1) is 2.00. The van der Waals surface area contributed by atoms with Crippen molar-refractivity contribution in [3.63, 3.8) is 0 Å². The second-order valence-corrected chi connectivity index (χ2v) is 18.0. The van der Waals surface area contributed by atoms with Gasteiger partial charge in [0.05, 0.1) is 0 Å². The van der Waals surface area contributed by atoms with Gasteiger partial charge >= 0.3 is 38.3 Å². The second kappa shape index (κ2) is 2.87. The summed E-state index contributed by atoms with van der Waals surface area (Å²) >= 11 is -1.10. The molecule has 0 heterocycles. The molecule has 6 heavy (non-hydrogen) atoms. The third-order valence-electron chi connectivity index (χ3n) is 0. The first-order valence-corrected chi connectivity index (χ1v) is 12.0. The molecule has 0 aliphatic heterocycles. The Morgan fingerprint density at radius 3 is 0.833 bits per heavy atom. The average molecular weight is 199 g/mol. The topological polar surface area (TPSA) is 30.0 Å². The minimum absolute atomic E-state index is 0. The maximum atomic E-state index is 2.39. The van der Waals surface area contributed by atoms with Crippen LogP contribution >= 0.6 is 0 Å². The molecule has 0 rings (SSSR count). The van der Waals surface area contributed by atoms with E-state index >= 15 is 0 Å². The summed E-state index contributed by atoms with van der Waals surface area (Å²) in [4.78, 5) is 9.55. The smallest absolute Gasteiger partial charge is 0.870 e. The fourth-order valence-electron chi connectivity index (χ4n) is 0. The van der Waals surface area contributed by atoms with Gasteiger partial charge in [-0.25, -0.2) is 0 Å². The van der Waals surface area contributed by atoms with Crippen LogP contribution in [-0.4, -0.2) is 24.3 Å². The molecule has 1 N–H and O–H groups in total. The van der Waals surface area contributed by atoms with Crippen LogP contribution in [0.3, 0.4) is 0 Å². The van der Waals surface area contributed by atoms with Crippen LogP contribution in [0.5, 0.6) is 0 Å². The summed E-state index contributed by atoms with van der Waals surface area (Å²) < 4.78 is 0. The van der Waals surface area contributed by atoms with E-state index in [1.165, 1.54) is 0 Å². The Morgan fingerprint density at radius 1 is 0.833 bits per heavy atom. The summed E-state index contributed by atoms with van der Waals surface area (Å²) in [6, 6.07) is 0. The molecule has 0 aromatic rings. The van der Waals surface area contributed by atoms with E-state index in [2.05, 4.69) is 19.5 Å². The molecule has 1 nitrogen and oxygen atoms in total. The molecule has 0 saturated carbocycles. The number of rotatable bonds is 0. The summed E-state index contributed by atoms with van der Waals surface area (Å²) in [5, 5.41) is 0. The zero-order chi connectivity index (χ0) is 4.50. The van der Waals surface area contributed by atoms with E-state index in [0.29, 0.717) is 0 Å². The van der Waals surface area contributed by atoms with Gasteiger partial charge in [0.1, 0.15) is 0 Å². The summed E-state index contributed by atoms with van der Waals surface area (Å²) in [7, 11) is 0. The van der Waals surface area contributed by atoms with E-state index in [1.807, 2.05) is 0 Å². The molecular formula is C4H13OSb. The summed E-state index contributed by atoms with van der Waals surface area (Å²) in [6.45, 7) is 0. The van der Waals surface area contributed by atoms with Crippen LogP contribution in [-0.2, 0) is 0 Å². The molecule has 0 amide bonds. The molecule has 0 atom stereocenters. The molecule has 40 valence electrons. The van der Waals surface area contributed by atoms with Crippen molar-refractivity contribution in [1.29, 1.82) is 0 Å². The minimum atomic E-state index is -1.10. The van der Waals surface area contributed by atoms with E-state index in [-0.39, 0.29) is 5.48 Å². The molecule has 0 saturated heterocycles. The van der Waals surface area contributed by atoms with Gasteiger partial charge < -0.3 is 5.48 Å². The van der Waals surface area contributed by atoms with Gasteiger partial charge in [0.15, 0.2) is 0 Å². The SMILES string of the molecule is [CH3][Sb+]([CH3])([CH3])[CH3].[OH-]. The minimum Gasteiger partial charge on any atom is -0.870 e. The maximum Gasteiger partial charge on any atom is -0.870 e. The van der Waals surface area contributed by atoms with Crippen molar-refractivity contribution in [2.45, 2.75) is 19.5 Å². The third-order valence-corrected chi connectivity index (χ3v) is 0. The maximum absolute atomic E-state index is 2.39. The monoisotopic (exact) mass is 198 g/mol. The molecule has 0 fully saturated rings. The standard InChI is InChI=1S/4CH3.H2O.Sb/h4*1H3;1H2;/q;;;;;+1/p-1. The van der Waals surface area contributed by atoms with Gasteiger partial charge in [0.25, 0.3) is 0 Å². The van der Waals surface area contributed by atoms with Gasteiger partial charge in [-0.15, -0.1) is 0 Å². The Hall–Kier alpha value is 0.778. The normalized spacial score (nSPS) is 10.0. The molecule has 0 spiro atoms. The second-order valence-electron chi connectivity index (χ2n) is 2.68. The van der Waals surface area contributed by atoms with E-state index in [4.69, 9.17) is 0 Å². The van der Waals surface area contributed by atoms with Crippen LogP contribution in [0.2, 0.25) is 19.5 Å². The van der Waals surface area contributed by atoms with E-state index < -0.39 is 18.8 Å². The van der Waals surface area contributed by atoms with Crippen molar-refractivity contribution in [2.24, 2.45) is 0 Å². The van der Waals surface area contributed by atoms with Crippen molar-refractivity contribution in [2.75, 3.05) is 0 Å². The number of hydrogen-bond donors (Lipinski definition) is 0. The Labute approximate surface area is 44.1 Å². The molecule has 0 unspecified atom stereocenters. The van der Waals surface area contributed by atoms with Crippen molar-refractivity contribution in [3.05, 3.63) is 0 Å². The van der Waals surface area contributed by atoms with Crippen molar-refractivity contribution in [3.8, 4) is 0 Å². The Kier molecular flexibility index (Phi) is 4.74. The predicted octanol–water partition coefficient (Wildman–Crippen LogP) is 1.78. The molecule has 0 bridgehead atoms. The van der Waals surface area contributed by atoms with Crippen LogP contribution < -0.4 is 0 Å². The molecular weight excluding hydrogens is 186 g/mol. The molecule has 0 aromatic carbocycles. The molecule has 0 aliphatic carbocycles. The average Bonchev–Trinajstić information content (AvgIpc) is 0.722. The van der Waals surface area contributed by atoms with E-state index in [0.717, 1.165) is 0 Å². The number of hydrogen-bond acceptors (Lipinski definition) is 1. The van der Waals surface area contributed by atoms with Crippen molar-refractivity contribution in [1.82, 2.24) is 0 Å². The first kappa shape index (κ1) is 9.91. The van der Waals surface area contributed by atoms with Crippen LogP contribution in [0, 0.1) is 0 Å². The molecule has 0 radical (unpaired) electrons. The van der Waals surface area contributed by atoms with Gasteiger partial charge in [0.2, 0.25) is 0 Å². The van der Waals surface area contributed by atoms with E-state index in [9.17, 15) is 0 Å². The Morgan fingerprint density at radius 2 is 0.833 bits per heavy atom. The quantitative estimate of drug-likeness (QED) is 0.546. The Bertz CT molecular complexity index is 23.0. The van der Waals surface area contributed by atoms with Crippen molar-refractivity contribution >= 4 is 18.8 Å².